The first-order valence-electron chi connectivity index (χ1n) is 5.77. The highest BCUT2D eigenvalue weighted by molar-refractivity contribution is 5.81. The molecule has 2 N–H and O–H groups in total. The van der Waals surface area contributed by atoms with Crippen LogP contribution in [0.3, 0.4) is 0 Å². The van der Waals surface area contributed by atoms with Crippen LogP contribution in [0.25, 0.3) is 0 Å². The highest BCUT2D eigenvalue weighted by atomic mass is 16.3. The lowest BCUT2D eigenvalue weighted by Gasteiger charge is -2.31. The Morgan fingerprint density at radius 1 is 1.53 bits per heavy atom. The molecule has 0 aliphatic heterocycles. The van der Waals surface area contributed by atoms with Crippen LogP contribution in [0.15, 0.2) is 0 Å². The zero-order valence-corrected chi connectivity index (χ0v) is 10.2. The summed E-state index contributed by atoms with van der Waals surface area (Å²) in [6.45, 7) is 8.49. The first kappa shape index (κ1) is 12.5. The summed E-state index contributed by atoms with van der Waals surface area (Å²) in [4.78, 5) is 11.8. The molecule has 0 aromatic rings. The van der Waals surface area contributed by atoms with E-state index in [1.807, 2.05) is 0 Å². The zero-order chi connectivity index (χ0) is 11.6. The van der Waals surface area contributed by atoms with Crippen molar-refractivity contribution in [1.29, 1.82) is 0 Å². The topological polar surface area (TPSA) is 49.3 Å². The number of carbonyl (C=O) groups is 1. The van der Waals surface area contributed by atoms with Crippen LogP contribution in [-0.4, -0.2) is 23.7 Å². The molecule has 1 aliphatic rings. The molecule has 0 radical (unpaired) electrons. The molecule has 3 heteroatoms. The lowest BCUT2D eigenvalue weighted by Crippen LogP contribution is -2.45. The molecular weight excluding hydrogens is 190 g/mol. The third-order valence-corrected chi connectivity index (χ3v) is 3.23. The number of amides is 1. The Labute approximate surface area is 92.3 Å². The van der Waals surface area contributed by atoms with Gasteiger partial charge in [-0.3, -0.25) is 4.79 Å². The molecule has 0 spiro atoms. The van der Waals surface area contributed by atoms with Crippen LogP contribution in [0, 0.1) is 17.3 Å². The average Bonchev–Trinajstić information content (AvgIpc) is 2.80. The molecule has 0 aromatic carbocycles. The fraction of sp³-hybridized carbons (Fsp3) is 0.917. The van der Waals surface area contributed by atoms with Gasteiger partial charge in [-0.1, -0.05) is 27.7 Å². The second-order valence-electron chi connectivity index (χ2n) is 5.76. The first-order valence-corrected chi connectivity index (χ1v) is 5.77. The Balaban J connectivity index is 2.47. The lowest BCUT2D eigenvalue weighted by atomic mass is 9.85. The maximum absolute atomic E-state index is 11.8. The molecule has 1 aliphatic carbocycles. The van der Waals surface area contributed by atoms with Crippen molar-refractivity contribution < 1.29 is 9.90 Å². The summed E-state index contributed by atoms with van der Waals surface area (Å²) in [7, 11) is 0. The van der Waals surface area contributed by atoms with E-state index in [2.05, 4.69) is 33.0 Å². The molecule has 3 atom stereocenters. The second kappa shape index (κ2) is 4.52. The van der Waals surface area contributed by atoms with E-state index >= 15 is 0 Å². The van der Waals surface area contributed by atoms with Crippen molar-refractivity contribution in [2.75, 3.05) is 6.61 Å². The van der Waals surface area contributed by atoms with Gasteiger partial charge in [0.15, 0.2) is 0 Å². The van der Waals surface area contributed by atoms with E-state index in [9.17, 15) is 4.79 Å². The van der Waals surface area contributed by atoms with E-state index in [1.54, 1.807) is 0 Å². The summed E-state index contributed by atoms with van der Waals surface area (Å²) in [5.74, 6) is 0.921. The minimum Gasteiger partial charge on any atom is -0.396 e. The molecule has 1 saturated carbocycles. The number of hydrogen-bond donors (Lipinski definition) is 2. The quantitative estimate of drug-likeness (QED) is 0.744. The van der Waals surface area contributed by atoms with Gasteiger partial charge in [0.25, 0.3) is 0 Å². The van der Waals surface area contributed by atoms with Gasteiger partial charge in [0, 0.05) is 18.6 Å². The zero-order valence-electron chi connectivity index (χ0n) is 10.2. The van der Waals surface area contributed by atoms with Crippen LogP contribution in [0.2, 0.25) is 0 Å². The number of carbonyl (C=O) groups excluding carboxylic acids is 1. The van der Waals surface area contributed by atoms with Crippen molar-refractivity contribution in [1.82, 2.24) is 5.32 Å². The first-order chi connectivity index (χ1) is 6.86. The van der Waals surface area contributed by atoms with Crippen LogP contribution in [0.4, 0.5) is 0 Å². The van der Waals surface area contributed by atoms with Crippen LogP contribution < -0.4 is 5.32 Å². The fourth-order valence-electron chi connectivity index (χ4n) is 1.82. The SMILES string of the molecule is CC1CC1C(=O)NC(CCO)C(C)(C)C. The van der Waals surface area contributed by atoms with Crippen molar-refractivity contribution in [2.45, 2.75) is 46.6 Å². The molecule has 1 fully saturated rings. The summed E-state index contributed by atoms with van der Waals surface area (Å²) in [6, 6.07) is 0.0720. The standard InChI is InChI=1S/C12H23NO2/c1-8-7-9(8)11(15)13-10(5-6-14)12(2,3)4/h8-10,14H,5-7H2,1-4H3,(H,13,15). The second-order valence-corrected chi connectivity index (χ2v) is 5.76. The molecule has 1 rings (SSSR count). The van der Waals surface area contributed by atoms with E-state index in [1.165, 1.54) is 0 Å². The predicted octanol–water partition coefficient (Wildman–Crippen LogP) is 1.56. The van der Waals surface area contributed by atoms with E-state index in [0.29, 0.717) is 12.3 Å². The summed E-state index contributed by atoms with van der Waals surface area (Å²) in [5, 5.41) is 12.0. The number of hydrogen-bond acceptors (Lipinski definition) is 2. The van der Waals surface area contributed by atoms with Gasteiger partial charge in [-0.25, -0.2) is 0 Å². The van der Waals surface area contributed by atoms with Crippen LogP contribution >= 0.6 is 0 Å². The highest BCUT2D eigenvalue weighted by Gasteiger charge is 2.40. The van der Waals surface area contributed by atoms with Gasteiger partial charge < -0.3 is 10.4 Å². The van der Waals surface area contributed by atoms with Crippen LogP contribution in [0.1, 0.15) is 40.5 Å². The van der Waals surface area contributed by atoms with E-state index in [0.717, 1.165) is 6.42 Å². The van der Waals surface area contributed by atoms with Gasteiger partial charge in [-0.2, -0.15) is 0 Å². The highest BCUT2D eigenvalue weighted by Crippen LogP contribution is 2.38. The van der Waals surface area contributed by atoms with E-state index in [4.69, 9.17) is 5.11 Å². The predicted molar refractivity (Wildman–Crippen MR) is 60.4 cm³/mol. The van der Waals surface area contributed by atoms with Crippen molar-refractivity contribution >= 4 is 5.91 Å². The summed E-state index contributed by atoms with van der Waals surface area (Å²) < 4.78 is 0. The van der Waals surface area contributed by atoms with Gasteiger partial charge in [-0.05, 0) is 24.2 Å². The van der Waals surface area contributed by atoms with Crippen LogP contribution in [0.5, 0.6) is 0 Å². The lowest BCUT2D eigenvalue weighted by molar-refractivity contribution is -0.124. The maximum atomic E-state index is 11.8. The number of nitrogens with one attached hydrogen (secondary N) is 1. The van der Waals surface area contributed by atoms with Gasteiger partial charge in [0.05, 0.1) is 0 Å². The fourth-order valence-corrected chi connectivity index (χ4v) is 1.82. The Hall–Kier alpha value is -0.570. The molecule has 0 aromatic heterocycles. The molecule has 3 unspecified atom stereocenters. The largest absolute Gasteiger partial charge is 0.396 e. The molecule has 15 heavy (non-hydrogen) atoms. The van der Waals surface area contributed by atoms with Crippen LogP contribution in [-0.2, 0) is 4.79 Å². The minimum atomic E-state index is 0.0104. The minimum absolute atomic E-state index is 0.0104. The third-order valence-electron chi connectivity index (χ3n) is 3.23. The van der Waals surface area contributed by atoms with E-state index in [-0.39, 0.29) is 29.9 Å². The van der Waals surface area contributed by atoms with Crippen molar-refractivity contribution in [3.05, 3.63) is 0 Å². The number of aliphatic hydroxyl groups is 1. The average molecular weight is 213 g/mol. The monoisotopic (exact) mass is 213 g/mol. The molecular formula is C12H23NO2. The molecule has 3 nitrogen and oxygen atoms in total. The van der Waals surface area contributed by atoms with Crippen molar-refractivity contribution in [3.8, 4) is 0 Å². The van der Waals surface area contributed by atoms with Gasteiger partial charge >= 0.3 is 0 Å². The Morgan fingerprint density at radius 2 is 2.07 bits per heavy atom. The molecule has 0 bridgehead atoms. The summed E-state index contributed by atoms with van der Waals surface area (Å²) in [5.41, 5.74) is 0.0104. The molecule has 88 valence electrons. The smallest absolute Gasteiger partial charge is 0.223 e. The Kier molecular flexibility index (Phi) is 3.77. The summed E-state index contributed by atoms with van der Waals surface area (Å²) in [6.07, 6.45) is 1.65. The number of rotatable bonds is 4. The van der Waals surface area contributed by atoms with Gasteiger partial charge in [-0.15, -0.1) is 0 Å². The van der Waals surface area contributed by atoms with Gasteiger partial charge in [0.2, 0.25) is 5.91 Å². The molecule has 1 amide bonds. The van der Waals surface area contributed by atoms with Gasteiger partial charge in [0.1, 0.15) is 0 Å². The Morgan fingerprint density at radius 3 is 2.40 bits per heavy atom. The Bertz CT molecular complexity index is 232. The summed E-state index contributed by atoms with van der Waals surface area (Å²) >= 11 is 0. The third kappa shape index (κ3) is 3.49. The maximum Gasteiger partial charge on any atom is 0.223 e. The number of aliphatic hydroxyl groups excluding tert-OH is 1. The van der Waals surface area contributed by atoms with E-state index < -0.39 is 0 Å². The normalized spacial score (nSPS) is 27.3. The van der Waals surface area contributed by atoms with Crippen molar-refractivity contribution in [3.63, 3.8) is 0 Å². The molecule has 0 saturated heterocycles. The molecule has 0 heterocycles. The van der Waals surface area contributed by atoms with Crippen molar-refractivity contribution in [2.24, 2.45) is 17.3 Å².